The molecule has 1 aliphatic carbocycles. The van der Waals surface area contributed by atoms with Crippen molar-refractivity contribution in [3.63, 3.8) is 0 Å². The molecule has 0 radical (unpaired) electrons. The molecule has 1 aliphatic rings. The first kappa shape index (κ1) is 7.32. The smallest absolute Gasteiger partial charge is 0.0106 e. The SMILES string of the molecule is Cc1ccsc1C1CC(N)C1. The third kappa shape index (κ3) is 1.21. The average Bonchev–Trinajstić information content (AvgIpc) is 2.29. The van der Waals surface area contributed by atoms with E-state index in [2.05, 4.69) is 18.4 Å². The summed E-state index contributed by atoms with van der Waals surface area (Å²) in [4.78, 5) is 1.56. The second kappa shape index (κ2) is 2.61. The molecule has 0 spiro atoms. The molecule has 0 unspecified atom stereocenters. The van der Waals surface area contributed by atoms with Crippen LogP contribution < -0.4 is 5.73 Å². The van der Waals surface area contributed by atoms with Gasteiger partial charge in [-0.3, -0.25) is 0 Å². The molecule has 1 fully saturated rings. The Hall–Kier alpha value is -0.340. The summed E-state index contributed by atoms with van der Waals surface area (Å²) in [5.41, 5.74) is 7.18. The van der Waals surface area contributed by atoms with E-state index in [1.165, 1.54) is 18.4 Å². The van der Waals surface area contributed by atoms with Crippen LogP contribution >= 0.6 is 11.3 Å². The lowest BCUT2D eigenvalue weighted by molar-refractivity contribution is 0.355. The van der Waals surface area contributed by atoms with E-state index in [-0.39, 0.29) is 0 Å². The van der Waals surface area contributed by atoms with Crippen molar-refractivity contribution in [3.8, 4) is 0 Å². The number of nitrogens with two attached hydrogens (primary N) is 1. The predicted octanol–water partition coefficient (Wildman–Crippen LogP) is 2.26. The Labute approximate surface area is 71.2 Å². The zero-order chi connectivity index (χ0) is 7.84. The number of rotatable bonds is 1. The van der Waals surface area contributed by atoms with Crippen molar-refractivity contribution in [2.45, 2.75) is 31.7 Å². The van der Waals surface area contributed by atoms with Gasteiger partial charge in [-0.15, -0.1) is 11.3 Å². The molecular formula is C9H13NS. The van der Waals surface area contributed by atoms with Crippen molar-refractivity contribution in [3.05, 3.63) is 21.9 Å². The monoisotopic (exact) mass is 167 g/mol. The molecule has 1 aromatic rings. The Bertz CT molecular complexity index is 248. The molecule has 0 bridgehead atoms. The molecule has 11 heavy (non-hydrogen) atoms. The minimum absolute atomic E-state index is 0.474. The maximum Gasteiger partial charge on any atom is 0.0106 e. The minimum Gasteiger partial charge on any atom is -0.328 e. The van der Waals surface area contributed by atoms with Gasteiger partial charge in [-0.25, -0.2) is 0 Å². The van der Waals surface area contributed by atoms with Gasteiger partial charge in [0.15, 0.2) is 0 Å². The summed E-state index contributed by atoms with van der Waals surface area (Å²) < 4.78 is 0. The van der Waals surface area contributed by atoms with E-state index < -0.39 is 0 Å². The number of hydrogen-bond acceptors (Lipinski definition) is 2. The largest absolute Gasteiger partial charge is 0.328 e. The topological polar surface area (TPSA) is 26.0 Å². The molecular weight excluding hydrogens is 154 g/mol. The van der Waals surface area contributed by atoms with Crippen LogP contribution in [0.1, 0.15) is 29.2 Å². The van der Waals surface area contributed by atoms with Gasteiger partial charge < -0.3 is 5.73 Å². The van der Waals surface area contributed by atoms with Gasteiger partial charge in [-0.2, -0.15) is 0 Å². The molecule has 2 N–H and O–H groups in total. The summed E-state index contributed by atoms with van der Waals surface area (Å²) in [5, 5.41) is 2.18. The first-order valence-electron chi connectivity index (χ1n) is 4.07. The van der Waals surface area contributed by atoms with Gasteiger partial charge in [0.2, 0.25) is 0 Å². The van der Waals surface area contributed by atoms with Crippen molar-refractivity contribution < 1.29 is 0 Å². The Morgan fingerprint density at radius 2 is 2.27 bits per heavy atom. The van der Waals surface area contributed by atoms with Crippen LogP contribution in [0, 0.1) is 6.92 Å². The van der Waals surface area contributed by atoms with Crippen LogP contribution in [0.15, 0.2) is 11.4 Å². The highest BCUT2D eigenvalue weighted by atomic mass is 32.1. The van der Waals surface area contributed by atoms with Crippen LogP contribution in [0.3, 0.4) is 0 Å². The van der Waals surface area contributed by atoms with Crippen molar-refractivity contribution >= 4 is 11.3 Å². The maximum atomic E-state index is 5.73. The molecule has 0 aliphatic heterocycles. The quantitative estimate of drug-likeness (QED) is 0.682. The predicted molar refractivity (Wildman–Crippen MR) is 49.0 cm³/mol. The van der Waals surface area contributed by atoms with Crippen LogP contribution in [0.4, 0.5) is 0 Å². The standard InChI is InChI=1S/C9H13NS/c1-6-2-3-11-9(6)7-4-8(10)5-7/h2-3,7-8H,4-5,10H2,1H3. The highest BCUT2D eigenvalue weighted by Gasteiger charge is 2.28. The number of hydrogen-bond donors (Lipinski definition) is 1. The second-order valence-electron chi connectivity index (χ2n) is 3.40. The van der Waals surface area contributed by atoms with Gasteiger partial charge >= 0.3 is 0 Å². The van der Waals surface area contributed by atoms with Gasteiger partial charge in [0.05, 0.1) is 0 Å². The van der Waals surface area contributed by atoms with Crippen LogP contribution in [-0.2, 0) is 0 Å². The Morgan fingerprint density at radius 3 is 2.73 bits per heavy atom. The van der Waals surface area contributed by atoms with E-state index in [4.69, 9.17) is 5.73 Å². The molecule has 1 nitrogen and oxygen atoms in total. The first-order valence-corrected chi connectivity index (χ1v) is 4.95. The summed E-state index contributed by atoms with van der Waals surface area (Å²) in [7, 11) is 0. The molecule has 2 rings (SSSR count). The fourth-order valence-corrected chi connectivity index (χ4v) is 2.74. The minimum atomic E-state index is 0.474. The van der Waals surface area contributed by atoms with Crippen LogP contribution in [0.5, 0.6) is 0 Å². The van der Waals surface area contributed by atoms with E-state index >= 15 is 0 Å². The molecule has 2 heteroatoms. The van der Waals surface area contributed by atoms with Gasteiger partial charge in [0, 0.05) is 10.9 Å². The van der Waals surface area contributed by atoms with Gasteiger partial charge in [0.25, 0.3) is 0 Å². The second-order valence-corrected chi connectivity index (χ2v) is 4.34. The first-order chi connectivity index (χ1) is 5.27. The lowest BCUT2D eigenvalue weighted by atomic mass is 9.79. The highest BCUT2D eigenvalue weighted by molar-refractivity contribution is 7.10. The van der Waals surface area contributed by atoms with E-state index in [0.717, 1.165) is 5.92 Å². The zero-order valence-corrected chi connectivity index (χ0v) is 7.53. The average molecular weight is 167 g/mol. The van der Waals surface area contributed by atoms with E-state index in [1.54, 1.807) is 4.88 Å². The summed E-state index contributed by atoms with van der Waals surface area (Å²) in [6.07, 6.45) is 2.39. The van der Waals surface area contributed by atoms with Crippen molar-refractivity contribution in [1.29, 1.82) is 0 Å². The maximum absolute atomic E-state index is 5.73. The fraction of sp³-hybridized carbons (Fsp3) is 0.556. The molecule has 0 aromatic carbocycles. The van der Waals surface area contributed by atoms with E-state index in [0.29, 0.717) is 6.04 Å². The molecule has 1 heterocycles. The molecule has 1 aromatic heterocycles. The summed E-state index contributed by atoms with van der Waals surface area (Å²) in [5.74, 6) is 0.782. The van der Waals surface area contributed by atoms with Crippen LogP contribution in [-0.4, -0.2) is 6.04 Å². The molecule has 1 saturated carbocycles. The molecule has 60 valence electrons. The van der Waals surface area contributed by atoms with Gasteiger partial charge in [-0.05, 0) is 42.7 Å². The Kier molecular flexibility index (Phi) is 1.74. The van der Waals surface area contributed by atoms with Gasteiger partial charge in [-0.1, -0.05) is 0 Å². The van der Waals surface area contributed by atoms with Crippen molar-refractivity contribution in [2.24, 2.45) is 5.73 Å². The normalized spacial score (nSPS) is 30.0. The summed E-state index contributed by atoms with van der Waals surface area (Å²) >= 11 is 1.88. The van der Waals surface area contributed by atoms with Crippen molar-refractivity contribution in [2.75, 3.05) is 0 Å². The fourth-order valence-electron chi connectivity index (χ4n) is 1.68. The molecule has 0 saturated heterocycles. The van der Waals surface area contributed by atoms with Gasteiger partial charge in [0.1, 0.15) is 0 Å². The molecule has 0 atom stereocenters. The third-order valence-corrected chi connectivity index (χ3v) is 3.63. The van der Waals surface area contributed by atoms with E-state index in [1.807, 2.05) is 11.3 Å². The van der Waals surface area contributed by atoms with E-state index in [9.17, 15) is 0 Å². The van der Waals surface area contributed by atoms with Crippen LogP contribution in [0.25, 0.3) is 0 Å². The highest BCUT2D eigenvalue weighted by Crippen LogP contribution is 2.39. The lowest BCUT2D eigenvalue weighted by Gasteiger charge is -2.32. The molecule has 0 amide bonds. The lowest BCUT2D eigenvalue weighted by Crippen LogP contribution is -2.34. The summed E-state index contributed by atoms with van der Waals surface area (Å²) in [6.45, 7) is 2.19. The third-order valence-electron chi connectivity index (χ3n) is 2.45. The van der Waals surface area contributed by atoms with Crippen molar-refractivity contribution in [1.82, 2.24) is 0 Å². The Balaban J connectivity index is 2.12. The number of aryl methyl sites for hydroxylation is 1. The zero-order valence-electron chi connectivity index (χ0n) is 6.71. The summed E-state index contributed by atoms with van der Waals surface area (Å²) in [6, 6.07) is 2.67. The Morgan fingerprint density at radius 1 is 1.55 bits per heavy atom. The number of thiophene rings is 1. The van der Waals surface area contributed by atoms with Crippen LogP contribution in [0.2, 0.25) is 0 Å².